The number of imide groups is 1. The standard InChI is InChI=1S/C21H19N5O3S/c27-19-14-30-21(29)25(19)13-16-2-6-17(7-3-16)24-20(28)22-12-15-4-8-18(9-5-15)26-11-1-10-23-26/h1-11H,12-14H2,(H2,22,24,28). The van der Waals surface area contributed by atoms with E-state index in [-0.39, 0.29) is 29.5 Å². The SMILES string of the molecule is O=C(NCc1ccc(-n2cccn2)cc1)Nc1ccc(CN2C(=O)CSC2=O)cc1. The van der Waals surface area contributed by atoms with E-state index in [9.17, 15) is 14.4 Å². The third-order valence-electron chi connectivity index (χ3n) is 4.55. The summed E-state index contributed by atoms with van der Waals surface area (Å²) in [5, 5.41) is 9.54. The van der Waals surface area contributed by atoms with Gasteiger partial charge in [-0.05, 0) is 41.5 Å². The van der Waals surface area contributed by atoms with Crippen LogP contribution in [0, 0.1) is 0 Å². The van der Waals surface area contributed by atoms with Crippen LogP contribution in [0.4, 0.5) is 15.3 Å². The molecule has 0 bridgehead atoms. The quantitative estimate of drug-likeness (QED) is 0.636. The third kappa shape index (κ3) is 4.69. The van der Waals surface area contributed by atoms with Crippen molar-refractivity contribution in [2.45, 2.75) is 13.1 Å². The Morgan fingerprint density at radius 2 is 1.77 bits per heavy atom. The molecule has 9 heteroatoms. The number of carbonyl (C=O) groups is 3. The molecular weight excluding hydrogens is 402 g/mol. The molecule has 0 saturated carbocycles. The fourth-order valence-corrected chi connectivity index (χ4v) is 3.68. The lowest BCUT2D eigenvalue weighted by Gasteiger charge is -2.13. The first kappa shape index (κ1) is 19.7. The van der Waals surface area contributed by atoms with Gasteiger partial charge in [-0.1, -0.05) is 36.0 Å². The highest BCUT2D eigenvalue weighted by atomic mass is 32.2. The van der Waals surface area contributed by atoms with Crippen LogP contribution in [-0.2, 0) is 17.9 Å². The molecule has 1 aliphatic heterocycles. The van der Waals surface area contributed by atoms with Crippen molar-refractivity contribution < 1.29 is 14.4 Å². The smallest absolute Gasteiger partial charge is 0.319 e. The summed E-state index contributed by atoms with van der Waals surface area (Å²) in [5.74, 6) is 0.0224. The summed E-state index contributed by atoms with van der Waals surface area (Å²) >= 11 is 1.02. The Balaban J connectivity index is 1.27. The van der Waals surface area contributed by atoms with Crippen molar-refractivity contribution in [3.05, 3.63) is 78.1 Å². The maximum absolute atomic E-state index is 12.2. The van der Waals surface area contributed by atoms with E-state index in [2.05, 4.69) is 15.7 Å². The van der Waals surface area contributed by atoms with Gasteiger partial charge in [0.05, 0.1) is 18.0 Å². The molecule has 30 heavy (non-hydrogen) atoms. The Hall–Kier alpha value is -3.59. The molecule has 2 heterocycles. The van der Waals surface area contributed by atoms with Gasteiger partial charge >= 0.3 is 6.03 Å². The summed E-state index contributed by atoms with van der Waals surface area (Å²) in [6, 6.07) is 16.3. The van der Waals surface area contributed by atoms with E-state index >= 15 is 0 Å². The van der Waals surface area contributed by atoms with Gasteiger partial charge in [0.1, 0.15) is 0 Å². The summed E-state index contributed by atoms with van der Waals surface area (Å²) in [7, 11) is 0. The van der Waals surface area contributed by atoms with Crippen molar-refractivity contribution in [1.29, 1.82) is 0 Å². The van der Waals surface area contributed by atoms with Gasteiger partial charge in [0.2, 0.25) is 5.91 Å². The monoisotopic (exact) mass is 421 g/mol. The van der Waals surface area contributed by atoms with Crippen LogP contribution in [0.5, 0.6) is 0 Å². The number of hydrogen-bond donors (Lipinski definition) is 2. The molecule has 152 valence electrons. The van der Waals surface area contributed by atoms with Gasteiger partial charge in [-0.2, -0.15) is 5.10 Å². The highest BCUT2D eigenvalue weighted by Gasteiger charge is 2.29. The van der Waals surface area contributed by atoms with E-state index in [1.54, 1.807) is 35.1 Å². The zero-order valence-corrected chi connectivity index (χ0v) is 16.8. The fourth-order valence-electron chi connectivity index (χ4n) is 2.96. The van der Waals surface area contributed by atoms with Gasteiger partial charge in [0, 0.05) is 24.6 Å². The Bertz CT molecular complexity index is 1030. The van der Waals surface area contributed by atoms with Gasteiger partial charge in [-0.25, -0.2) is 9.48 Å². The summed E-state index contributed by atoms with van der Waals surface area (Å²) in [4.78, 5) is 36.7. The second-order valence-corrected chi connectivity index (χ2v) is 7.58. The normalized spacial score (nSPS) is 13.5. The lowest BCUT2D eigenvalue weighted by Crippen LogP contribution is -2.28. The lowest BCUT2D eigenvalue weighted by molar-refractivity contribution is -0.125. The molecule has 0 spiro atoms. The number of carbonyl (C=O) groups excluding carboxylic acids is 3. The van der Waals surface area contributed by atoms with E-state index in [0.717, 1.165) is 28.6 Å². The van der Waals surface area contributed by atoms with Crippen LogP contribution >= 0.6 is 11.8 Å². The number of rotatable bonds is 6. The Labute approximate surface area is 177 Å². The van der Waals surface area contributed by atoms with E-state index in [1.165, 1.54) is 4.90 Å². The third-order valence-corrected chi connectivity index (χ3v) is 5.41. The number of hydrogen-bond acceptors (Lipinski definition) is 5. The van der Waals surface area contributed by atoms with E-state index in [4.69, 9.17) is 0 Å². The molecular formula is C21H19N5O3S. The largest absolute Gasteiger partial charge is 0.334 e. The van der Waals surface area contributed by atoms with Crippen LogP contribution in [0.25, 0.3) is 5.69 Å². The van der Waals surface area contributed by atoms with Crippen LogP contribution in [0.15, 0.2) is 67.0 Å². The number of urea groups is 1. The zero-order valence-electron chi connectivity index (χ0n) is 15.9. The molecule has 4 rings (SSSR count). The van der Waals surface area contributed by atoms with Crippen molar-refractivity contribution in [1.82, 2.24) is 20.0 Å². The minimum Gasteiger partial charge on any atom is -0.334 e. The first-order valence-electron chi connectivity index (χ1n) is 9.28. The number of nitrogens with zero attached hydrogens (tertiary/aromatic N) is 3. The average molecular weight is 421 g/mol. The highest BCUT2D eigenvalue weighted by molar-refractivity contribution is 8.14. The first-order chi connectivity index (χ1) is 14.6. The van der Waals surface area contributed by atoms with Crippen molar-refractivity contribution >= 4 is 34.6 Å². The molecule has 8 nitrogen and oxygen atoms in total. The topological polar surface area (TPSA) is 96.3 Å². The second kappa shape index (κ2) is 8.83. The number of thioether (sulfide) groups is 1. The minimum absolute atomic E-state index is 0.177. The van der Waals surface area contributed by atoms with Crippen LogP contribution in [0.3, 0.4) is 0 Å². The number of benzene rings is 2. The summed E-state index contributed by atoms with van der Waals surface area (Å²) in [6.07, 6.45) is 3.59. The van der Waals surface area contributed by atoms with Gasteiger partial charge in [0.15, 0.2) is 0 Å². The zero-order chi connectivity index (χ0) is 20.9. The Morgan fingerprint density at radius 3 is 2.40 bits per heavy atom. The van der Waals surface area contributed by atoms with Gasteiger partial charge in [0.25, 0.3) is 5.24 Å². The molecule has 1 aliphatic rings. The fraction of sp³-hybridized carbons (Fsp3) is 0.143. The van der Waals surface area contributed by atoms with Gasteiger partial charge < -0.3 is 10.6 Å². The predicted octanol–water partition coefficient (Wildman–Crippen LogP) is 3.39. The Morgan fingerprint density at radius 1 is 1.03 bits per heavy atom. The molecule has 4 amide bonds. The average Bonchev–Trinajstić information content (AvgIpc) is 3.40. The van der Waals surface area contributed by atoms with Crippen LogP contribution in [-0.4, -0.2) is 37.6 Å². The molecule has 0 atom stereocenters. The van der Waals surface area contributed by atoms with E-state index < -0.39 is 0 Å². The number of amides is 4. The second-order valence-electron chi connectivity index (χ2n) is 6.66. The molecule has 0 unspecified atom stereocenters. The molecule has 3 aromatic rings. The summed E-state index contributed by atoms with van der Waals surface area (Å²) in [6.45, 7) is 0.631. The van der Waals surface area contributed by atoms with Crippen molar-refractivity contribution in [2.24, 2.45) is 0 Å². The highest BCUT2D eigenvalue weighted by Crippen LogP contribution is 2.21. The Kier molecular flexibility index (Phi) is 5.80. The number of nitrogens with one attached hydrogen (secondary N) is 2. The summed E-state index contributed by atoms with van der Waals surface area (Å²) < 4.78 is 1.77. The summed E-state index contributed by atoms with van der Waals surface area (Å²) in [5.41, 5.74) is 3.36. The molecule has 1 saturated heterocycles. The number of aromatic nitrogens is 2. The van der Waals surface area contributed by atoms with Crippen molar-refractivity contribution in [3.8, 4) is 5.69 Å². The minimum atomic E-state index is -0.319. The van der Waals surface area contributed by atoms with E-state index in [0.29, 0.717) is 12.2 Å². The predicted molar refractivity (Wildman–Crippen MR) is 114 cm³/mol. The van der Waals surface area contributed by atoms with Crippen LogP contribution in [0.2, 0.25) is 0 Å². The first-order valence-corrected chi connectivity index (χ1v) is 10.3. The van der Waals surface area contributed by atoms with Crippen LogP contribution in [0.1, 0.15) is 11.1 Å². The molecule has 0 aliphatic carbocycles. The molecule has 0 radical (unpaired) electrons. The van der Waals surface area contributed by atoms with E-state index in [1.807, 2.05) is 36.5 Å². The maximum Gasteiger partial charge on any atom is 0.319 e. The van der Waals surface area contributed by atoms with Crippen LogP contribution < -0.4 is 10.6 Å². The van der Waals surface area contributed by atoms with Crippen molar-refractivity contribution in [3.63, 3.8) is 0 Å². The van der Waals surface area contributed by atoms with Gasteiger partial charge in [-0.3, -0.25) is 14.5 Å². The number of anilines is 1. The maximum atomic E-state index is 12.2. The lowest BCUT2D eigenvalue weighted by atomic mass is 10.2. The molecule has 2 N–H and O–H groups in total. The molecule has 1 fully saturated rings. The molecule has 1 aromatic heterocycles. The van der Waals surface area contributed by atoms with Gasteiger partial charge in [-0.15, -0.1) is 0 Å². The molecule has 2 aromatic carbocycles. The van der Waals surface area contributed by atoms with Crippen molar-refractivity contribution in [2.75, 3.05) is 11.1 Å².